The Morgan fingerprint density at radius 1 is 1.29 bits per heavy atom. The number of nitrogen functional groups attached to an aromatic ring is 1. The highest BCUT2D eigenvalue weighted by molar-refractivity contribution is 7.10. The second-order valence-corrected chi connectivity index (χ2v) is 7.10. The molecule has 1 atom stereocenters. The average molecular weight is 348 g/mol. The molecule has 8 heteroatoms. The number of ketones is 1. The molecular weight excluding hydrogens is 328 g/mol. The van der Waals surface area contributed by atoms with E-state index in [0.717, 1.165) is 22.1 Å². The molecule has 128 valence electrons. The van der Waals surface area contributed by atoms with Crippen molar-refractivity contribution in [2.45, 2.75) is 25.9 Å². The van der Waals surface area contributed by atoms with E-state index >= 15 is 0 Å². The topological polar surface area (TPSA) is 90.3 Å². The SMILES string of the molecule is C[C@@H](C(=O)c1c(N)n(C)c(=O)n(C)c1=O)N1CCc2sccc2C1. The van der Waals surface area contributed by atoms with Gasteiger partial charge in [0, 0.05) is 32.1 Å². The van der Waals surface area contributed by atoms with Gasteiger partial charge in [-0.25, -0.2) is 4.79 Å². The van der Waals surface area contributed by atoms with E-state index in [0.29, 0.717) is 6.54 Å². The number of aromatic nitrogens is 2. The minimum atomic E-state index is -0.638. The van der Waals surface area contributed by atoms with Crippen LogP contribution in [0.1, 0.15) is 27.7 Å². The lowest BCUT2D eigenvalue weighted by Crippen LogP contribution is -2.47. The van der Waals surface area contributed by atoms with E-state index in [1.54, 1.807) is 18.3 Å². The Hall–Kier alpha value is -2.19. The molecule has 1 aliphatic heterocycles. The quantitative estimate of drug-likeness (QED) is 0.809. The fourth-order valence-corrected chi connectivity index (χ4v) is 3.96. The number of nitrogens with zero attached hydrogens (tertiary/aromatic N) is 3. The Morgan fingerprint density at radius 3 is 2.71 bits per heavy atom. The summed E-state index contributed by atoms with van der Waals surface area (Å²) in [6.45, 7) is 3.22. The smallest absolute Gasteiger partial charge is 0.332 e. The number of fused-ring (bicyclic) bond motifs is 1. The number of rotatable bonds is 3. The molecule has 2 aromatic rings. The number of Topliss-reactive ketones (excluding diaryl/α,β-unsaturated/α-hetero) is 1. The summed E-state index contributed by atoms with van der Waals surface area (Å²) in [6, 6.07) is 1.59. The van der Waals surface area contributed by atoms with Crippen LogP contribution in [-0.2, 0) is 27.1 Å². The summed E-state index contributed by atoms with van der Waals surface area (Å²) in [6.07, 6.45) is 0.894. The van der Waals surface area contributed by atoms with E-state index in [1.807, 2.05) is 4.90 Å². The van der Waals surface area contributed by atoms with Crippen LogP contribution in [-0.4, -0.2) is 32.4 Å². The number of hydrogen-bond acceptors (Lipinski definition) is 6. The zero-order valence-electron chi connectivity index (χ0n) is 13.9. The molecule has 0 radical (unpaired) electrons. The van der Waals surface area contributed by atoms with Gasteiger partial charge in [0.1, 0.15) is 11.4 Å². The highest BCUT2D eigenvalue weighted by atomic mass is 32.1. The van der Waals surface area contributed by atoms with E-state index in [9.17, 15) is 14.4 Å². The molecule has 0 amide bonds. The zero-order valence-corrected chi connectivity index (χ0v) is 14.7. The second-order valence-electron chi connectivity index (χ2n) is 6.10. The fourth-order valence-electron chi connectivity index (χ4n) is 3.07. The maximum Gasteiger partial charge on any atom is 0.332 e. The zero-order chi connectivity index (χ0) is 17.6. The van der Waals surface area contributed by atoms with Gasteiger partial charge in [-0.1, -0.05) is 0 Å². The van der Waals surface area contributed by atoms with Gasteiger partial charge in [0.25, 0.3) is 5.56 Å². The highest BCUT2D eigenvalue weighted by Crippen LogP contribution is 2.26. The molecular formula is C16H20N4O3S. The van der Waals surface area contributed by atoms with Crippen molar-refractivity contribution in [3.63, 3.8) is 0 Å². The molecule has 0 bridgehead atoms. The Kier molecular flexibility index (Phi) is 4.18. The van der Waals surface area contributed by atoms with Gasteiger partial charge >= 0.3 is 5.69 Å². The van der Waals surface area contributed by atoms with Crippen LogP contribution < -0.4 is 17.0 Å². The maximum atomic E-state index is 12.9. The standard InChI is InChI=1S/C16H20N4O3S/c1-9(20-6-4-11-10(8-20)5-7-24-11)13(21)12-14(17)18(2)16(23)19(3)15(12)22/h5,7,9H,4,6,8,17H2,1-3H3/t9-/m0/s1. The van der Waals surface area contributed by atoms with Gasteiger partial charge in [-0.05, 0) is 30.4 Å². The normalized spacial score (nSPS) is 16.0. The molecule has 0 saturated carbocycles. The van der Waals surface area contributed by atoms with Gasteiger partial charge in [0.15, 0.2) is 5.78 Å². The first-order chi connectivity index (χ1) is 11.3. The van der Waals surface area contributed by atoms with Crippen LogP contribution in [0.5, 0.6) is 0 Å². The summed E-state index contributed by atoms with van der Waals surface area (Å²) in [7, 11) is 2.81. The summed E-state index contributed by atoms with van der Waals surface area (Å²) in [4.78, 5) is 40.6. The molecule has 2 aromatic heterocycles. The predicted octanol–water partition coefficient (Wildman–Crippen LogP) is 0.357. The van der Waals surface area contributed by atoms with Crippen molar-refractivity contribution in [2.24, 2.45) is 14.1 Å². The van der Waals surface area contributed by atoms with Crippen LogP contribution in [0, 0.1) is 0 Å². The molecule has 7 nitrogen and oxygen atoms in total. The van der Waals surface area contributed by atoms with Gasteiger partial charge in [0.2, 0.25) is 0 Å². The first kappa shape index (κ1) is 16.7. The van der Waals surface area contributed by atoms with Gasteiger partial charge in [-0.2, -0.15) is 0 Å². The van der Waals surface area contributed by atoms with Crippen molar-refractivity contribution < 1.29 is 4.79 Å². The third-order valence-electron chi connectivity index (χ3n) is 4.72. The van der Waals surface area contributed by atoms with Gasteiger partial charge in [0.05, 0.1) is 6.04 Å². The Bertz CT molecular complexity index is 924. The summed E-state index contributed by atoms with van der Waals surface area (Å²) in [5, 5.41) is 2.06. The summed E-state index contributed by atoms with van der Waals surface area (Å²) in [5.41, 5.74) is 5.84. The summed E-state index contributed by atoms with van der Waals surface area (Å²) in [5.74, 6) is -0.421. The third kappa shape index (κ3) is 2.51. The van der Waals surface area contributed by atoms with Crippen LogP contribution in [0.15, 0.2) is 21.0 Å². The number of hydrogen-bond donors (Lipinski definition) is 1. The second kappa shape index (κ2) is 6.03. The first-order valence-corrected chi connectivity index (χ1v) is 8.60. The van der Waals surface area contributed by atoms with Gasteiger partial charge in [-0.15, -0.1) is 11.3 Å². The van der Waals surface area contributed by atoms with Gasteiger partial charge < -0.3 is 5.73 Å². The molecule has 0 spiro atoms. The molecule has 24 heavy (non-hydrogen) atoms. The molecule has 0 aliphatic carbocycles. The minimum absolute atomic E-state index is 0.0758. The van der Waals surface area contributed by atoms with Crippen molar-refractivity contribution >= 4 is 22.9 Å². The molecule has 0 unspecified atom stereocenters. The number of carbonyl (C=O) groups excluding carboxylic acids is 1. The first-order valence-electron chi connectivity index (χ1n) is 7.72. The lowest BCUT2D eigenvalue weighted by Gasteiger charge is -2.31. The Balaban J connectivity index is 1.96. The van der Waals surface area contributed by atoms with Crippen LogP contribution in [0.3, 0.4) is 0 Å². The number of nitrogens with two attached hydrogens (primary N) is 1. The number of anilines is 1. The lowest BCUT2D eigenvalue weighted by molar-refractivity contribution is 0.0818. The molecule has 0 fully saturated rings. The minimum Gasteiger partial charge on any atom is -0.384 e. The predicted molar refractivity (Wildman–Crippen MR) is 93.6 cm³/mol. The highest BCUT2D eigenvalue weighted by Gasteiger charge is 2.30. The largest absolute Gasteiger partial charge is 0.384 e. The molecule has 3 rings (SSSR count). The molecule has 2 N–H and O–H groups in total. The Labute approximate surface area is 142 Å². The number of carbonyl (C=O) groups is 1. The van der Waals surface area contributed by atoms with Crippen LogP contribution >= 0.6 is 11.3 Å². The van der Waals surface area contributed by atoms with Crippen LogP contribution in [0.2, 0.25) is 0 Å². The molecule has 1 aliphatic rings. The van der Waals surface area contributed by atoms with E-state index in [-0.39, 0.29) is 17.2 Å². The molecule has 0 saturated heterocycles. The Morgan fingerprint density at radius 2 is 2.00 bits per heavy atom. The molecule has 0 aromatic carbocycles. The monoisotopic (exact) mass is 348 g/mol. The lowest BCUT2D eigenvalue weighted by atomic mass is 10.0. The fraction of sp³-hybridized carbons (Fsp3) is 0.438. The third-order valence-corrected chi connectivity index (χ3v) is 5.74. The van der Waals surface area contributed by atoms with Crippen molar-refractivity contribution in [1.82, 2.24) is 14.0 Å². The van der Waals surface area contributed by atoms with Gasteiger partial charge in [-0.3, -0.25) is 23.6 Å². The summed E-state index contributed by atoms with van der Waals surface area (Å²) >= 11 is 1.73. The van der Waals surface area contributed by atoms with E-state index in [4.69, 9.17) is 5.73 Å². The maximum absolute atomic E-state index is 12.9. The van der Waals surface area contributed by atoms with Crippen molar-refractivity contribution in [2.75, 3.05) is 12.3 Å². The number of thiophene rings is 1. The summed E-state index contributed by atoms with van der Waals surface area (Å²) < 4.78 is 2.05. The van der Waals surface area contributed by atoms with Crippen LogP contribution in [0.4, 0.5) is 5.82 Å². The van der Waals surface area contributed by atoms with Crippen LogP contribution in [0.25, 0.3) is 0 Å². The van der Waals surface area contributed by atoms with Crippen molar-refractivity contribution in [1.29, 1.82) is 0 Å². The van der Waals surface area contributed by atoms with E-state index in [1.165, 1.54) is 24.5 Å². The van der Waals surface area contributed by atoms with E-state index < -0.39 is 17.3 Å². The van der Waals surface area contributed by atoms with Crippen molar-refractivity contribution in [3.8, 4) is 0 Å². The van der Waals surface area contributed by atoms with E-state index in [2.05, 4.69) is 11.4 Å². The van der Waals surface area contributed by atoms with Crippen molar-refractivity contribution in [3.05, 3.63) is 48.3 Å². The molecule has 3 heterocycles. The average Bonchev–Trinajstić information content (AvgIpc) is 3.05.